The third-order valence-electron chi connectivity index (χ3n) is 3.48. The summed E-state index contributed by atoms with van der Waals surface area (Å²) in [6, 6.07) is 9.44. The Bertz CT molecular complexity index is 460. The Balaban J connectivity index is 1.89. The minimum absolute atomic E-state index is 0.216. The number of carboxylic acids is 1. The van der Waals surface area contributed by atoms with Crippen molar-refractivity contribution in [3.05, 3.63) is 35.9 Å². The molecule has 1 amide bonds. The van der Waals surface area contributed by atoms with E-state index in [1.807, 2.05) is 30.3 Å². The topological polar surface area (TPSA) is 66.8 Å². The molecule has 1 N–H and O–H groups in total. The van der Waals surface area contributed by atoms with E-state index >= 15 is 0 Å². The van der Waals surface area contributed by atoms with Gasteiger partial charge in [0.1, 0.15) is 6.61 Å². The normalized spacial score (nSPS) is 19.2. The van der Waals surface area contributed by atoms with Gasteiger partial charge in [-0.2, -0.15) is 0 Å². The molecule has 1 aliphatic rings. The lowest BCUT2D eigenvalue weighted by atomic mass is 10.0. The van der Waals surface area contributed by atoms with Gasteiger partial charge in [0.05, 0.1) is 5.92 Å². The van der Waals surface area contributed by atoms with Crippen molar-refractivity contribution in [2.24, 2.45) is 5.92 Å². The van der Waals surface area contributed by atoms with E-state index < -0.39 is 18.0 Å². The Hall–Kier alpha value is -2.04. The van der Waals surface area contributed by atoms with Crippen LogP contribution < -0.4 is 0 Å². The van der Waals surface area contributed by atoms with Gasteiger partial charge in [-0.05, 0) is 18.4 Å². The van der Waals surface area contributed by atoms with E-state index in [0.29, 0.717) is 13.0 Å². The number of rotatable bonds is 3. The number of hydrogen-bond donors (Lipinski definition) is 1. The van der Waals surface area contributed by atoms with Crippen molar-refractivity contribution in [1.29, 1.82) is 0 Å². The molecule has 20 heavy (non-hydrogen) atoms. The first kappa shape index (κ1) is 14.4. The van der Waals surface area contributed by atoms with Crippen LogP contribution in [0.15, 0.2) is 30.3 Å². The summed E-state index contributed by atoms with van der Waals surface area (Å²) >= 11 is 0. The standard InChI is InChI=1S/C15H19NO4/c17-14(18)13-8-4-5-9-16(10-13)15(19)20-11-12-6-2-1-3-7-12/h1-3,6-7,13H,4-5,8-11H2,(H,17,18). The summed E-state index contributed by atoms with van der Waals surface area (Å²) in [4.78, 5) is 24.6. The number of ether oxygens (including phenoxy) is 1. The molecule has 5 nitrogen and oxygen atoms in total. The highest BCUT2D eigenvalue weighted by Crippen LogP contribution is 2.17. The van der Waals surface area contributed by atoms with Gasteiger partial charge in [0.25, 0.3) is 0 Å². The van der Waals surface area contributed by atoms with Crippen LogP contribution in [-0.2, 0) is 16.1 Å². The lowest BCUT2D eigenvalue weighted by Gasteiger charge is -2.22. The second kappa shape index (κ2) is 6.93. The quantitative estimate of drug-likeness (QED) is 0.921. The van der Waals surface area contributed by atoms with Gasteiger partial charge in [0, 0.05) is 13.1 Å². The molecule has 2 rings (SSSR count). The summed E-state index contributed by atoms with van der Waals surface area (Å²) in [6.07, 6.45) is 1.85. The monoisotopic (exact) mass is 277 g/mol. The van der Waals surface area contributed by atoms with Gasteiger partial charge in [-0.1, -0.05) is 36.8 Å². The summed E-state index contributed by atoms with van der Waals surface area (Å²) in [5.41, 5.74) is 0.922. The predicted molar refractivity (Wildman–Crippen MR) is 73.2 cm³/mol. The van der Waals surface area contributed by atoms with Crippen molar-refractivity contribution >= 4 is 12.1 Å². The van der Waals surface area contributed by atoms with Gasteiger partial charge >= 0.3 is 12.1 Å². The van der Waals surface area contributed by atoms with Gasteiger partial charge in [-0.15, -0.1) is 0 Å². The van der Waals surface area contributed by atoms with Crippen LogP contribution >= 0.6 is 0 Å². The summed E-state index contributed by atoms with van der Waals surface area (Å²) in [5, 5.41) is 9.09. The van der Waals surface area contributed by atoms with Crippen LogP contribution in [0.4, 0.5) is 4.79 Å². The maximum atomic E-state index is 12.0. The molecule has 1 fully saturated rings. The fourth-order valence-electron chi connectivity index (χ4n) is 2.32. The van der Waals surface area contributed by atoms with Crippen LogP contribution in [0.3, 0.4) is 0 Å². The molecule has 0 aliphatic carbocycles. The van der Waals surface area contributed by atoms with Gasteiger partial charge in [-0.25, -0.2) is 4.79 Å². The minimum Gasteiger partial charge on any atom is -0.481 e. The molecule has 1 heterocycles. The molecular weight excluding hydrogens is 258 g/mol. The van der Waals surface area contributed by atoms with Crippen molar-refractivity contribution in [3.63, 3.8) is 0 Å². The molecule has 0 aromatic heterocycles. The van der Waals surface area contributed by atoms with Crippen LogP contribution in [-0.4, -0.2) is 35.2 Å². The Labute approximate surface area is 118 Å². The zero-order valence-corrected chi connectivity index (χ0v) is 11.3. The molecular formula is C15H19NO4. The van der Waals surface area contributed by atoms with E-state index in [0.717, 1.165) is 18.4 Å². The fourth-order valence-corrected chi connectivity index (χ4v) is 2.32. The third kappa shape index (κ3) is 3.98. The molecule has 0 spiro atoms. The third-order valence-corrected chi connectivity index (χ3v) is 3.48. The molecule has 0 bridgehead atoms. The SMILES string of the molecule is O=C(O)C1CCCCN(C(=O)OCc2ccccc2)C1. The average Bonchev–Trinajstić information content (AvgIpc) is 2.72. The van der Waals surface area contributed by atoms with E-state index in [1.165, 1.54) is 4.90 Å². The second-order valence-electron chi connectivity index (χ2n) is 5.02. The number of carbonyl (C=O) groups is 2. The second-order valence-corrected chi connectivity index (χ2v) is 5.02. The highest BCUT2D eigenvalue weighted by molar-refractivity contribution is 5.72. The summed E-state index contributed by atoms with van der Waals surface area (Å²) in [5.74, 6) is -1.32. The lowest BCUT2D eigenvalue weighted by Crippen LogP contribution is -2.37. The van der Waals surface area contributed by atoms with Crippen LogP contribution in [0, 0.1) is 5.92 Å². The Morgan fingerprint density at radius 2 is 2.00 bits per heavy atom. The smallest absolute Gasteiger partial charge is 0.410 e. The number of amides is 1. The van der Waals surface area contributed by atoms with Gasteiger partial charge in [0.2, 0.25) is 0 Å². The largest absolute Gasteiger partial charge is 0.481 e. The first-order chi connectivity index (χ1) is 9.66. The Morgan fingerprint density at radius 1 is 1.25 bits per heavy atom. The average molecular weight is 277 g/mol. The first-order valence-electron chi connectivity index (χ1n) is 6.85. The van der Waals surface area contributed by atoms with Gasteiger partial charge in [-0.3, -0.25) is 4.79 Å². The number of carboxylic acid groups (broad SMARTS) is 1. The number of carbonyl (C=O) groups excluding carboxylic acids is 1. The van der Waals surface area contributed by atoms with E-state index in [9.17, 15) is 9.59 Å². The number of aliphatic carboxylic acids is 1. The fraction of sp³-hybridized carbons (Fsp3) is 0.467. The van der Waals surface area contributed by atoms with E-state index in [4.69, 9.17) is 9.84 Å². The number of hydrogen-bond acceptors (Lipinski definition) is 3. The Kier molecular flexibility index (Phi) is 4.98. The van der Waals surface area contributed by atoms with E-state index in [1.54, 1.807) is 0 Å². The summed E-state index contributed by atoms with van der Waals surface area (Å²) < 4.78 is 5.25. The van der Waals surface area contributed by atoms with Crippen molar-refractivity contribution in [1.82, 2.24) is 4.90 Å². The molecule has 0 radical (unpaired) electrons. The number of nitrogens with zero attached hydrogens (tertiary/aromatic N) is 1. The zero-order valence-electron chi connectivity index (χ0n) is 11.3. The summed E-state index contributed by atoms with van der Waals surface area (Å²) in [7, 11) is 0. The predicted octanol–water partition coefficient (Wildman–Crippen LogP) is 2.51. The molecule has 1 aliphatic heterocycles. The van der Waals surface area contributed by atoms with Crippen molar-refractivity contribution < 1.29 is 19.4 Å². The number of likely N-dealkylation sites (tertiary alicyclic amines) is 1. The van der Waals surface area contributed by atoms with Crippen LogP contribution in [0.1, 0.15) is 24.8 Å². The first-order valence-corrected chi connectivity index (χ1v) is 6.85. The van der Waals surface area contributed by atoms with Crippen LogP contribution in [0.5, 0.6) is 0 Å². The Morgan fingerprint density at radius 3 is 2.70 bits per heavy atom. The molecule has 108 valence electrons. The van der Waals surface area contributed by atoms with Crippen molar-refractivity contribution in [3.8, 4) is 0 Å². The maximum Gasteiger partial charge on any atom is 0.410 e. The molecule has 0 saturated carbocycles. The van der Waals surface area contributed by atoms with Crippen molar-refractivity contribution in [2.75, 3.05) is 13.1 Å². The molecule has 1 aromatic rings. The summed E-state index contributed by atoms with van der Waals surface area (Å²) in [6.45, 7) is 1.02. The molecule has 1 atom stereocenters. The molecule has 1 saturated heterocycles. The molecule has 1 unspecified atom stereocenters. The van der Waals surface area contributed by atoms with Crippen LogP contribution in [0.25, 0.3) is 0 Å². The highest BCUT2D eigenvalue weighted by Gasteiger charge is 2.27. The lowest BCUT2D eigenvalue weighted by molar-refractivity contribution is -0.142. The molecule has 1 aromatic carbocycles. The zero-order chi connectivity index (χ0) is 14.4. The van der Waals surface area contributed by atoms with E-state index in [2.05, 4.69) is 0 Å². The highest BCUT2D eigenvalue weighted by atomic mass is 16.6. The maximum absolute atomic E-state index is 12.0. The van der Waals surface area contributed by atoms with E-state index in [-0.39, 0.29) is 13.2 Å². The van der Waals surface area contributed by atoms with Crippen LogP contribution in [0.2, 0.25) is 0 Å². The van der Waals surface area contributed by atoms with Gasteiger partial charge in [0.15, 0.2) is 0 Å². The minimum atomic E-state index is -0.840. The molecule has 5 heteroatoms. The number of benzene rings is 1. The van der Waals surface area contributed by atoms with Gasteiger partial charge < -0.3 is 14.7 Å². The van der Waals surface area contributed by atoms with Crippen molar-refractivity contribution in [2.45, 2.75) is 25.9 Å².